The van der Waals surface area contributed by atoms with Crippen LogP contribution in [0.2, 0.25) is 0 Å². The molecule has 0 aliphatic carbocycles. The first kappa shape index (κ1) is 16.1. The van der Waals surface area contributed by atoms with Gasteiger partial charge in [-0.05, 0) is 32.0 Å². The molecule has 1 aromatic carbocycles. The molecule has 0 amide bonds. The quantitative estimate of drug-likeness (QED) is 0.781. The van der Waals surface area contributed by atoms with E-state index < -0.39 is 20.7 Å². The predicted octanol–water partition coefficient (Wildman–Crippen LogP) is 2.22. The first-order chi connectivity index (χ1) is 11.4. The smallest absolute Gasteiger partial charge is 0.263 e. The Morgan fingerprint density at radius 3 is 2.54 bits per heavy atom. The molecule has 24 heavy (non-hydrogen) atoms. The minimum atomic E-state index is -4.09. The molecule has 0 atom stereocenters. The lowest BCUT2D eigenvalue weighted by Crippen LogP contribution is -2.16. The lowest BCUT2D eigenvalue weighted by molar-refractivity contribution is 0.570. The number of benzene rings is 1. The maximum absolute atomic E-state index is 13.7. The Labute approximate surface area is 138 Å². The number of nitrogens with zero attached hydrogens (tertiary/aromatic N) is 4. The summed E-state index contributed by atoms with van der Waals surface area (Å²) in [6.07, 6.45) is 1.21. The minimum absolute atomic E-state index is 0.0239. The summed E-state index contributed by atoms with van der Waals surface area (Å²) in [4.78, 5) is 7.51. The first-order valence-electron chi connectivity index (χ1n) is 7.00. The third-order valence-corrected chi connectivity index (χ3v) is 4.63. The van der Waals surface area contributed by atoms with E-state index in [4.69, 9.17) is 0 Å². The summed E-state index contributed by atoms with van der Waals surface area (Å²) >= 11 is 0. The Hall–Kier alpha value is -2.81. The molecule has 1 N–H and O–H groups in total. The van der Waals surface area contributed by atoms with Crippen LogP contribution in [0.3, 0.4) is 0 Å². The molecule has 0 bridgehead atoms. The molecule has 0 aliphatic rings. The van der Waals surface area contributed by atoms with E-state index in [0.29, 0.717) is 5.82 Å². The molecule has 3 aromatic rings. The Kier molecular flexibility index (Phi) is 4.02. The molecule has 0 saturated carbocycles. The van der Waals surface area contributed by atoms with Gasteiger partial charge in [0, 0.05) is 11.8 Å². The summed E-state index contributed by atoms with van der Waals surface area (Å²) < 4.78 is 42.2. The summed E-state index contributed by atoms with van der Waals surface area (Å²) in [5, 5.41) is 4.28. The zero-order valence-corrected chi connectivity index (χ0v) is 13.7. The van der Waals surface area contributed by atoms with Gasteiger partial charge in [0.05, 0.1) is 5.69 Å². The SMILES string of the molecule is Cc1cc(C)n(-c2cc(NS(=O)(=O)c3ccccc3F)ncn2)n1. The molecule has 0 radical (unpaired) electrons. The van der Waals surface area contributed by atoms with Crippen LogP contribution in [-0.2, 0) is 10.0 Å². The van der Waals surface area contributed by atoms with Gasteiger partial charge in [-0.3, -0.25) is 4.72 Å². The molecule has 0 spiro atoms. The van der Waals surface area contributed by atoms with Gasteiger partial charge in [0.25, 0.3) is 10.0 Å². The monoisotopic (exact) mass is 347 g/mol. The third-order valence-electron chi connectivity index (χ3n) is 3.24. The highest BCUT2D eigenvalue weighted by Gasteiger charge is 2.19. The van der Waals surface area contributed by atoms with E-state index in [1.165, 1.54) is 30.6 Å². The van der Waals surface area contributed by atoms with Crippen LogP contribution in [0.15, 0.2) is 47.6 Å². The molecule has 2 heterocycles. The lowest BCUT2D eigenvalue weighted by Gasteiger charge is -2.09. The van der Waals surface area contributed by atoms with Crippen LogP contribution in [0.4, 0.5) is 10.2 Å². The zero-order valence-electron chi connectivity index (χ0n) is 12.9. The fourth-order valence-electron chi connectivity index (χ4n) is 2.23. The van der Waals surface area contributed by atoms with Crippen molar-refractivity contribution in [2.75, 3.05) is 4.72 Å². The van der Waals surface area contributed by atoms with Crippen molar-refractivity contribution in [3.05, 3.63) is 59.9 Å². The molecule has 0 fully saturated rings. The second-order valence-corrected chi connectivity index (χ2v) is 6.79. The topological polar surface area (TPSA) is 89.8 Å². The van der Waals surface area contributed by atoms with Crippen LogP contribution in [0, 0.1) is 19.7 Å². The van der Waals surface area contributed by atoms with Crippen molar-refractivity contribution in [2.24, 2.45) is 0 Å². The van der Waals surface area contributed by atoms with Gasteiger partial charge >= 0.3 is 0 Å². The average Bonchev–Trinajstić information content (AvgIpc) is 2.86. The van der Waals surface area contributed by atoms with Crippen LogP contribution in [0.1, 0.15) is 11.4 Å². The Morgan fingerprint density at radius 1 is 1.12 bits per heavy atom. The molecule has 0 aliphatic heterocycles. The highest BCUT2D eigenvalue weighted by Crippen LogP contribution is 2.18. The summed E-state index contributed by atoms with van der Waals surface area (Å²) in [5.41, 5.74) is 1.65. The van der Waals surface area contributed by atoms with Crippen molar-refractivity contribution in [1.29, 1.82) is 0 Å². The number of anilines is 1. The number of nitrogens with one attached hydrogen (secondary N) is 1. The minimum Gasteiger partial charge on any atom is -0.263 e. The van der Waals surface area contributed by atoms with E-state index in [0.717, 1.165) is 17.5 Å². The number of rotatable bonds is 4. The Balaban J connectivity index is 1.96. The Morgan fingerprint density at radius 2 is 1.88 bits per heavy atom. The fourth-order valence-corrected chi connectivity index (χ4v) is 3.31. The number of hydrogen-bond donors (Lipinski definition) is 1. The zero-order chi connectivity index (χ0) is 17.3. The number of halogens is 1. The number of aromatic nitrogens is 4. The molecular weight excluding hydrogens is 333 g/mol. The van der Waals surface area contributed by atoms with E-state index in [1.54, 1.807) is 4.68 Å². The summed E-state index contributed by atoms with van der Waals surface area (Å²) in [6.45, 7) is 3.69. The highest BCUT2D eigenvalue weighted by molar-refractivity contribution is 7.92. The standard InChI is InChI=1S/C15H14FN5O2S/c1-10-7-11(2)21(19-10)15-8-14(17-9-18-15)20-24(22,23)13-6-4-3-5-12(13)16/h3-9H,1-2H3,(H,17,18,20). The second-order valence-electron chi connectivity index (χ2n) is 5.14. The van der Waals surface area contributed by atoms with Crippen molar-refractivity contribution in [2.45, 2.75) is 18.7 Å². The molecule has 9 heteroatoms. The predicted molar refractivity (Wildman–Crippen MR) is 85.8 cm³/mol. The molecule has 7 nitrogen and oxygen atoms in total. The van der Waals surface area contributed by atoms with Crippen LogP contribution < -0.4 is 4.72 Å². The molecule has 0 saturated heterocycles. The van der Waals surface area contributed by atoms with Crippen LogP contribution in [0.25, 0.3) is 5.82 Å². The molecular formula is C15H14FN5O2S. The second kappa shape index (κ2) is 6.00. The maximum atomic E-state index is 13.7. The van der Waals surface area contributed by atoms with Crippen LogP contribution >= 0.6 is 0 Å². The lowest BCUT2D eigenvalue weighted by atomic mass is 10.4. The fraction of sp³-hybridized carbons (Fsp3) is 0.133. The van der Waals surface area contributed by atoms with E-state index in [2.05, 4.69) is 19.8 Å². The van der Waals surface area contributed by atoms with Crippen molar-refractivity contribution < 1.29 is 12.8 Å². The van der Waals surface area contributed by atoms with E-state index in [1.807, 2.05) is 19.9 Å². The van der Waals surface area contributed by atoms with E-state index in [-0.39, 0.29) is 5.82 Å². The highest BCUT2D eigenvalue weighted by atomic mass is 32.2. The number of aryl methyl sites for hydroxylation is 2. The van der Waals surface area contributed by atoms with Gasteiger partial charge in [0.15, 0.2) is 5.82 Å². The Bertz CT molecular complexity index is 1000. The maximum Gasteiger partial charge on any atom is 0.265 e. The molecule has 0 unspecified atom stereocenters. The van der Waals surface area contributed by atoms with Gasteiger partial charge < -0.3 is 0 Å². The molecule has 2 aromatic heterocycles. The van der Waals surface area contributed by atoms with Gasteiger partial charge in [-0.2, -0.15) is 5.10 Å². The average molecular weight is 347 g/mol. The van der Waals surface area contributed by atoms with Gasteiger partial charge in [-0.15, -0.1) is 0 Å². The van der Waals surface area contributed by atoms with E-state index in [9.17, 15) is 12.8 Å². The van der Waals surface area contributed by atoms with Crippen molar-refractivity contribution in [1.82, 2.24) is 19.7 Å². The number of sulfonamides is 1. The number of hydrogen-bond acceptors (Lipinski definition) is 5. The van der Waals surface area contributed by atoms with Gasteiger partial charge in [-0.1, -0.05) is 12.1 Å². The van der Waals surface area contributed by atoms with Gasteiger partial charge in [0.2, 0.25) is 0 Å². The third kappa shape index (κ3) is 3.11. The van der Waals surface area contributed by atoms with Crippen molar-refractivity contribution in [3.63, 3.8) is 0 Å². The van der Waals surface area contributed by atoms with Crippen molar-refractivity contribution in [3.8, 4) is 5.82 Å². The summed E-state index contributed by atoms with van der Waals surface area (Å²) in [7, 11) is -4.09. The van der Waals surface area contributed by atoms with Crippen LogP contribution in [-0.4, -0.2) is 28.2 Å². The largest absolute Gasteiger partial charge is 0.265 e. The van der Waals surface area contributed by atoms with E-state index >= 15 is 0 Å². The van der Waals surface area contributed by atoms with Crippen LogP contribution in [0.5, 0.6) is 0 Å². The first-order valence-corrected chi connectivity index (χ1v) is 8.48. The van der Waals surface area contributed by atoms with Gasteiger partial charge in [-0.25, -0.2) is 27.5 Å². The molecule has 3 rings (SSSR count). The van der Waals surface area contributed by atoms with Crippen molar-refractivity contribution >= 4 is 15.8 Å². The normalized spacial score (nSPS) is 11.5. The van der Waals surface area contributed by atoms with Gasteiger partial charge in [0.1, 0.15) is 22.9 Å². The molecule has 124 valence electrons. The summed E-state index contributed by atoms with van der Waals surface area (Å²) in [6, 6.07) is 8.42. The summed E-state index contributed by atoms with van der Waals surface area (Å²) in [5.74, 6) is -0.407.